The molecule has 1 amide bonds. The Kier molecular flexibility index (Phi) is 3.89. The molecular weight excluding hydrogens is 397 g/mol. The molecule has 1 aromatic heterocycles. The number of nitrogens with zero attached hydrogens (tertiary/aromatic N) is 1. The number of carbonyl (C=O) groups is 1. The van der Waals surface area contributed by atoms with Crippen molar-refractivity contribution in [3.63, 3.8) is 0 Å². The van der Waals surface area contributed by atoms with Crippen molar-refractivity contribution < 1.29 is 22.0 Å². The minimum Gasteiger partial charge on any atom is -0.450 e. The number of halogens is 1. The third-order valence-corrected chi connectivity index (χ3v) is 7.33. The molecule has 0 unspecified atom stereocenters. The van der Waals surface area contributed by atoms with Gasteiger partial charge in [0.1, 0.15) is 11.4 Å². The molecule has 0 N–H and O–H groups in total. The van der Waals surface area contributed by atoms with Crippen LogP contribution in [0.5, 0.6) is 0 Å². The number of benzene rings is 2. The molecule has 3 aromatic rings. The predicted molar refractivity (Wildman–Crippen MR) is 104 cm³/mol. The van der Waals surface area contributed by atoms with E-state index in [1.54, 1.807) is 30.3 Å². The van der Waals surface area contributed by atoms with E-state index in [4.69, 9.17) is 4.42 Å². The van der Waals surface area contributed by atoms with E-state index in [0.717, 1.165) is 0 Å². The number of hydrogen-bond donors (Lipinski definition) is 0. The zero-order chi connectivity index (χ0) is 20.3. The van der Waals surface area contributed by atoms with E-state index < -0.39 is 33.6 Å². The summed E-state index contributed by atoms with van der Waals surface area (Å²) in [7, 11) is -3.28. The number of fused-ring (bicyclic) bond motifs is 2. The Morgan fingerprint density at radius 2 is 1.86 bits per heavy atom. The van der Waals surface area contributed by atoms with Gasteiger partial charge in [-0.1, -0.05) is 24.3 Å². The zero-order valence-corrected chi connectivity index (χ0v) is 16.0. The van der Waals surface area contributed by atoms with Crippen molar-refractivity contribution in [3.05, 3.63) is 81.5 Å². The minimum atomic E-state index is -3.28. The van der Waals surface area contributed by atoms with Crippen LogP contribution < -0.4 is 5.43 Å². The Labute approximate surface area is 165 Å². The maximum absolute atomic E-state index is 14.0. The summed E-state index contributed by atoms with van der Waals surface area (Å²) in [6, 6.07) is 10.8. The lowest BCUT2D eigenvalue weighted by Gasteiger charge is -2.30. The summed E-state index contributed by atoms with van der Waals surface area (Å²) >= 11 is 0. The van der Waals surface area contributed by atoms with Crippen molar-refractivity contribution in [1.82, 2.24) is 4.90 Å². The van der Waals surface area contributed by atoms with Gasteiger partial charge in [0.05, 0.1) is 28.5 Å². The quantitative estimate of drug-likeness (QED) is 0.645. The molecule has 1 saturated heterocycles. The second-order valence-corrected chi connectivity index (χ2v) is 9.63. The summed E-state index contributed by atoms with van der Waals surface area (Å²) in [5, 5.41) is 0.321. The van der Waals surface area contributed by atoms with Crippen LogP contribution in [0, 0.1) is 5.82 Å². The van der Waals surface area contributed by atoms with E-state index in [2.05, 4.69) is 0 Å². The average molecular weight is 413 g/mol. The molecule has 148 valence electrons. The fourth-order valence-corrected chi connectivity index (χ4v) is 6.02. The van der Waals surface area contributed by atoms with Crippen LogP contribution in [0.15, 0.2) is 57.7 Å². The molecule has 0 aliphatic carbocycles. The van der Waals surface area contributed by atoms with Crippen molar-refractivity contribution in [2.24, 2.45) is 0 Å². The van der Waals surface area contributed by atoms with E-state index >= 15 is 0 Å². The lowest BCUT2D eigenvalue weighted by atomic mass is 9.97. The Morgan fingerprint density at radius 3 is 2.59 bits per heavy atom. The number of rotatable bonds is 2. The van der Waals surface area contributed by atoms with Crippen LogP contribution in [-0.4, -0.2) is 36.8 Å². The van der Waals surface area contributed by atoms with Crippen molar-refractivity contribution in [2.75, 3.05) is 11.5 Å². The summed E-state index contributed by atoms with van der Waals surface area (Å²) in [6.45, 7) is 0. The number of para-hydroxylation sites is 1. The predicted octanol–water partition coefficient (Wildman–Crippen LogP) is 2.66. The minimum absolute atomic E-state index is 0.0307. The summed E-state index contributed by atoms with van der Waals surface area (Å²) < 4.78 is 43.9. The van der Waals surface area contributed by atoms with Crippen molar-refractivity contribution in [1.29, 1.82) is 0 Å². The molecule has 6 nitrogen and oxygen atoms in total. The van der Waals surface area contributed by atoms with Crippen LogP contribution in [0.1, 0.15) is 34.1 Å². The fraction of sp³-hybridized carbons (Fsp3) is 0.238. The van der Waals surface area contributed by atoms with Crippen LogP contribution in [-0.2, 0) is 9.84 Å². The average Bonchev–Trinajstić information content (AvgIpc) is 3.19. The topological polar surface area (TPSA) is 84.7 Å². The van der Waals surface area contributed by atoms with Gasteiger partial charge in [0, 0.05) is 6.04 Å². The molecule has 0 saturated carbocycles. The largest absolute Gasteiger partial charge is 0.450 e. The van der Waals surface area contributed by atoms with Crippen LogP contribution in [0.3, 0.4) is 0 Å². The van der Waals surface area contributed by atoms with Gasteiger partial charge in [-0.2, -0.15) is 0 Å². The maximum atomic E-state index is 14.0. The highest BCUT2D eigenvalue weighted by atomic mass is 32.2. The molecule has 1 fully saturated rings. The highest BCUT2D eigenvalue weighted by molar-refractivity contribution is 7.91. The molecule has 2 aliphatic rings. The SMILES string of the molecule is O=C1c2oc3ccccc3c(=O)c2[C@@H](c2cccc(F)c2)N1[C@H]1CCS(=O)(=O)C1. The van der Waals surface area contributed by atoms with Crippen LogP contribution in [0.2, 0.25) is 0 Å². The summed E-state index contributed by atoms with van der Waals surface area (Å²) in [4.78, 5) is 27.9. The van der Waals surface area contributed by atoms with E-state index in [1.165, 1.54) is 23.1 Å². The third-order valence-electron chi connectivity index (χ3n) is 5.58. The van der Waals surface area contributed by atoms with E-state index in [9.17, 15) is 22.4 Å². The Balaban J connectivity index is 1.77. The first-order chi connectivity index (χ1) is 13.9. The van der Waals surface area contributed by atoms with Crippen molar-refractivity contribution >= 4 is 26.7 Å². The Bertz CT molecular complexity index is 1330. The van der Waals surface area contributed by atoms with Gasteiger partial charge in [-0.25, -0.2) is 12.8 Å². The second kappa shape index (κ2) is 6.25. The fourth-order valence-electron chi connectivity index (χ4n) is 4.31. The van der Waals surface area contributed by atoms with Crippen molar-refractivity contribution in [3.8, 4) is 0 Å². The number of hydrogen-bond acceptors (Lipinski definition) is 5. The van der Waals surface area contributed by atoms with Crippen LogP contribution in [0.4, 0.5) is 4.39 Å². The summed E-state index contributed by atoms with van der Waals surface area (Å²) in [6.07, 6.45) is 0.265. The smallest absolute Gasteiger partial charge is 0.291 e. The molecule has 2 aliphatic heterocycles. The monoisotopic (exact) mass is 413 g/mol. The van der Waals surface area contributed by atoms with Gasteiger partial charge in [-0.15, -0.1) is 0 Å². The molecule has 0 spiro atoms. The normalized spacial score (nSPS) is 22.9. The first-order valence-corrected chi connectivity index (χ1v) is 11.0. The van der Waals surface area contributed by atoms with Crippen LogP contribution >= 0.6 is 0 Å². The van der Waals surface area contributed by atoms with E-state index in [1.807, 2.05) is 0 Å². The highest BCUT2D eigenvalue weighted by Crippen LogP contribution is 2.41. The lowest BCUT2D eigenvalue weighted by molar-refractivity contribution is 0.0662. The summed E-state index contributed by atoms with van der Waals surface area (Å²) in [5.74, 6) is -1.37. The molecular formula is C21H16FNO5S. The molecule has 29 heavy (non-hydrogen) atoms. The van der Waals surface area contributed by atoms with E-state index in [0.29, 0.717) is 10.9 Å². The molecule has 0 radical (unpaired) electrons. The zero-order valence-electron chi connectivity index (χ0n) is 15.2. The van der Waals surface area contributed by atoms with Gasteiger partial charge < -0.3 is 9.32 Å². The van der Waals surface area contributed by atoms with Gasteiger partial charge in [0.15, 0.2) is 15.3 Å². The lowest BCUT2D eigenvalue weighted by Crippen LogP contribution is -2.40. The summed E-state index contributed by atoms with van der Waals surface area (Å²) in [5.41, 5.74) is 0.448. The number of sulfone groups is 1. The molecule has 2 atom stereocenters. The Hall–Kier alpha value is -3.00. The second-order valence-electron chi connectivity index (χ2n) is 7.40. The van der Waals surface area contributed by atoms with Crippen LogP contribution in [0.25, 0.3) is 11.0 Å². The van der Waals surface area contributed by atoms with Gasteiger partial charge in [-0.3, -0.25) is 9.59 Å². The van der Waals surface area contributed by atoms with Gasteiger partial charge in [0.25, 0.3) is 5.91 Å². The molecule has 2 aromatic carbocycles. The van der Waals surface area contributed by atoms with E-state index in [-0.39, 0.29) is 40.3 Å². The molecule has 5 rings (SSSR count). The standard InChI is InChI=1S/C21H16FNO5S/c22-13-5-3-4-12(10-13)18-17-19(24)15-6-1-2-7-16(15)28-20(17)21(25)23(18)14-8-9-29(26,27)11-14/h1-7,10,14,18H,8-9,11H2/t14-,18+/m0/s1. The van der Waals surface area contributed by atoms with Crippen molar-refractivity contribution in [2.45, 2.75) is 18.5 Å². The first-order valence-electron chi connectivity index (χ1n) is 9.20. The van der Waals surface area contributed by atoms with Gasteiger partial charge in [0.2, 0.25) is 5.76 Å². The van der Waals surface area contributed by atoms with Gasteiger partial charge in [-0.05, 0) is 36.2 Å². The number of carbonyl (C=O) groups excluding carboxylic acids is 1. The highest BCUT2D eigenvalue weighted by Gasteiger charge is 2.48. The number of amides is 1. The molecule has 8 heteroatoms. The Morgan fingerprint density at radius 1 is 1.07 bits per heavy atom. The molecule has 3 heterocycles. The molecule has 0 bridgehead atoms. The van der Waals surface area contributed by atoms with Gasteiger partial charge >= 0.3 is 0 Å². The third kappa shape index (κ3) is 2.78. The maximum Gasteiger partial charge on any atom is 0.291 e. The first kappa shape index (κ1) is 18.1.